The van der Waals surface area contributed by atoms with E-state index in [1.54, 1.807) is 0 Å². The highest BCUT2D eigenvalue weighted by atomic mass is 15.6. The standard InChI is InChI=1S/C13H25N5/c1-5-14-10(2)12-15-16-17-18(12)11-7-6-8-13(3,4)9-11/h10-11,14H,5-9H2,1-4H3. The van der Waals surface area contributed by atoms with Crippen LogP contribution in [0.1, 0.15) is 71.3 Å². The van der Waals surface area contributed by atoms with Crippen LogP contribution in [0.3, 0.4) is 0 Å². The number of nitrogens with one attached hydrogen (secondary N) is 1. The van der Waals surface area contributed by atoms with E-state index in [1.165, 1.54) is 25.7 Å². The van der Waals surface area contributed by atoms with Gasteiger partial charge in [-0.1, -0.05) is 27.2 Å². The van der Waals surface area contributed by atoms with Crippen molar-refractivity contribution in [2.45, 2.75) is 65.5 Å². The van der Waals surface area contributed by atoms with Gasteiger partial charge in [0.1, 0.15) is 0 Å². The minimum absolute atomic E-state index is 0.218. The molecule has 0 aliphatic heterocycles. The lowest BCUT2D eigenvalue weighted by Gasteiger charge is -2.35. The SMILES string of the molecule is CCNC(C)c1nnnn1C1CCCC(C)(C)C1. The Kier molecular flexibility index (Phi) is 4.00. The van der Waals surface area contributed by atoms with Crippen LogP contribution in [0.4, 0.5) is 0 Å². The molecule has 1 aromatic rings. The molecule has 0 spiro atoms. The molecule has 1 aliphatic carbocycles. The second-order valence-electron chi connectivity index (χ2n) is 6.18. The van der Waals surface area contributed by atoms with E-state index in [1.807, 2.05) is 4.68 Å². The predicted octanol–water partition coefficient (Wildman–Crippen LogP) is 2.48. The van der Waals surface area contributed by atoms with Gasteiger partial charge in [0.2, 0.25) is 0 Å². The van der Waals surface area contributed by atoms with Gasteiger partial charge in [0.15, 0.2) is 5.82 Å². The molecule has 0 radical (unpaired) electrons. The van der Waals surface area contributed by atoms with Crippen LogP contribution < -0.4 is 5.32 Å². The Morgan fingerprint density at radius 1 is 1.50 bits per heavy atom. The molecule has 18 heavy (non-hydrogen) atoms. The summed E-state index contributed by atoms with van der Waals surface area (Å²) >= 11 is 0. The summed E-state index contributed by atoms with van der Waals surface area (Å²) in [6, 6.07) is 0.676. The topological polar surface area (TPSA) is 55.6 Å². The van der Waals surface area contributed by atoms with E-state index in [4.69, 9.17) is 0 Å². The first kappa shape index (κ1) is 13.5. The van der Waals surface area contributed by atoms with Crippen LogP contribution in [0, 0.1) is 5.41 Å². The third-order valence-electron chi connectivity index (χ3n) is 3.94. The fraction of sp³-hybridized carbons (Fsp3) is 0.923. The minimum Gasteiger partial charge on any atom is -0.308 e. The third kappa shape index (κ3) is 2.88. The van der Waals surface area contributed by atoms with Gasteiger partial charge >= 0.3 is 0 Å². The summed E-state index contributed by atoms with van der Waals surface area (Å²) in [6.07, 6.45) is 4.94. The van der Waals surface area contributed by atoms with Crippen LogP contribution in [0.5, 0.6) is 0 Å². The Balaban J connectivity index is 2.15. The van der Waals surface area contributed by atoms with E-state index in [-0.39, 0.29) is 6.04 Å². The second kappa shape index (κ2) is 5.34. The Labute approximate surface area is 109 Å². The molecule has 5 nitrogen and oxygen atoms in total. The van der Waals surface area contributed by atoms with Crippen molar-refractivity contribution in [1.82, 2.24) is 25.5 Å². The molecule has 0 saturated heterocycles. The van der Waals surface area contributed by atoms with Gasteiger partial charge in [-0.15, -0.1) is 5.10 Å². The molecule has 2 atom stereocenters. The van der Waals surface area contributed by atoms with E-state index < -0.39 is 0 Å². The maximum atomic E-state index is 4.22. The van der Waals surface area contributed by atoms with E-state index in [0.29, 0.717) is 11.5 Å². The van der Waals surface area contributed by atoms with Crippen LogP contribution in [0.15, 0.2) is 0 Å². The van der Waals surface area contributed by atoms with Crippen LogP contribution in [0.25, 0.3) is 0 Å². The molecular formula is C13H25N5. The van der Waals surface area contributed by atoms with Gasteiger partial charge in [0, 0.05) is 0 Å². The molecule has 1 N–H and O–H groups in total. The monoisotopic (exact) mass is 251 g/mol. The summed E-state index contributed by atoms with van der Waals surface area (Å²) in [6.45, 7) is 9.85. The number of aromatic nitrogens is 4. The predicted molar refractivity (Wildman–Crippen MR) is 71.2 cm³/mol. The van der Waals surface area contributed by atoms with E-state index in [2.05, 4.69) is 48.5 Å². The number of nitrogens with zero attached hydrogens (tertiary/aromatic N) is 4. The van der Waals surface area contributed by atoms with Crippen molar-refractivity contribution in [3.8, 4) is 0 Å². The number of tetrazole rings is 1. The van der Waals surface area contributed by atoms with Gasteiger partial charge in [-0.3, -0.25) is 0 Å². The fourth-order valence-corrected chi connectivity index (χ4v) is 3.01. The Hall–Kier alpha value is -0.970. The maximum absolute atomic E-state index is 4.22. The maximum Gasteiger partial charge on any atom is 0.168 e. The molecule has 2 rings (SSSR count). The van der Waals surface area contributed by atoms with Crippen molar-refractivity contribution >= 4 is 0 Å². The van der Waals surface area contributed by atoms with E-state index in [9.17, 15) is 0 Å². The molecule has 1 aliphatic rings. The normalized spacial score (nSPS) is 25.0. The van der Waals surface area contributed by atoms with Gasteiger partial charge in [-0.05, 0) is 48.6 Å². The first-order valence-corrected chi connectivity index (χ1v) is 7.04. The van der Waals surface area contributed by atoms with Crippen LogP contribution >= 0.6 is 0 Å². The lowest BCUT2D eigenvalue weighted by Crippen LogP contribution is -2.29. The molecule has 1 aromatic heterocycles. The van der Waals surface area contributed by atoms with E-state index in [0.717, 1.165) is 12.4 Å². The number of rotatable bonds is 4. The Morgan fingerprint density at radius 2 is 2.28 bits per heavy atom. The third-order valence-corrected chi connectivity index (χ3v) is 3.94. The van der Waals surface area contributed by atoms with Crippen molar-refractivity contribution in [2.75, 3.05) is 6.54 Å². The molecule has 2 unspecified atom stereocenters. The fourth-order valence-electron chi connectivity index (χ4n) is 3.01. The molecule has 0 aromatic carbocycles. The van der Waals surface area contributed by atoms with Gasteiger partial charge in [-0.2, -0.15) is 0 Å². The summed E-state index contributed by atoms with van der Waals surface area (Å²) < 4.78 is 2.05. The first-order valence-electron chi connectivity index (χ1n) is 7.04. The van der Waals surface area contributed by atoms with Crippen LogP contribution in [-0.2, 0) is 0 Å². The zero-order valence-electron chi connectivity index (χ0n) is 12.0. The highest BCUT2D eigenvalue weighted by molar-refractivity contribution is 4.94. The zero-order chi connectivity index (χ0) is 13.2. The van der Waals surface area contributed by atoms with Gasteiger partial charge in [-0.25, -0.2) is 4.68 Å². The average Bonchev–Trinajstić information content (AvgIpc) is 2.76. The molecular weight excluding hydrogens is 226 g/mol. The zero-order valence-corrected chi connectivity index (χ0v) is 12.0. The summed E-state index contributed by atoms with van der Waals surface area (Å²) in [4.78, 5) is 0. The summed E-state index contributed by atoms with van der Waals surface area (Å²) in [7, 11) is 0. The number of hydrogen-bond acceptors (Lipinski definition) is 4. The first-order chi connectivity index (χ1) is 8.53. The van der Waals surface area contributed by atoms with Crippen LogP contribution in [-0.4, -0.2) is 26.8 Å². The van der Waals surface area contributed by atoms with Gasteiger partial charge in [0.25, 0.3) is 0 Å². The summed E-state index contributed by atoms with van der Waals surface area (Å²) in [5.74, 6) is 0.972. The molecule has 102 valence electrons. The molecule has 1 saturated carbocycles. The molecule has 0 bridgehead atoms. The quantitative estimate of drug-likeness (QED) is 0.893. The van der Waals surface area contributed by atoms with Crippen molar-refractivity contribution in [1.29, 1.82) is 0 Å². The molecule has 5 heteroatoms. The Bertz CT molecular complexity index is 384. The van der Waals surface area contributed by atoms with Gasteiger partial charge < -0.3 is 5.32 Å². The molecule has 1 heterocycles. The van der Waals surface area contributed by atoms with Crippen LogP contribution in [0.2, 0.25) is 0 Å². The van der Waals surface area contributed by atoms with Crippen molar-refractivity contribution in [2.24, 2.45) is 5.41 Å². The molecule has 1 fully saturated rings. The van der Waals surface area contributed by atoms with E-state index >= 15 is 0 Å². The summed E-state index contributed by atoms with van der Waals surface area (Å²) in [5, 5.41) is 15.7. The highest BCUT2D eigenvalue weighted by Gasteiger charge is 2.31. The summed E-state index contributed by atoms with van der Waals surface area (Å²) in [5.41, 5.74) is 0.410. The Morgan fingerprint density at radius 3 is 2.94 bits per heavy atom. The number of hydrogen-bond donors (Lipinski definition) is 1. The molecule has 0 amide bonds. The lowest BCUT2D eigenvalue weighted by molar-refractivity contribution is 0.169. The van der Waals surface area contributed by atoms with Crippen molar-refractivity contribution < 1.29 is 0 Å². The minimum atomic E-state index is 0.218. The van der Waals surface area contributed by atoms with Crippen molar-refractivity contribution in [3.63, 3.8) is 0 Å². The lowest BCUT2D eigenvalue weighted by atomic mass is 9.75. The average molecular weight is 251 g/mol. The van der Waals surface area contributed by atoms with Crippen molar-refractivity contribution in [3.05, 3.63) is 5.82 Å². The second-order valence-corrected chi connectivity index (χ2v) is 6.18. The smallest absolute Gasteiger partial charge is 0.168 e. The highest BCUT2D eigenvalue weighted by Crippen LogP contribution is 2.41. The van der Waals surface area contributed by atoms with Gasteiger partial charge in [0.05, 0.1) is 12.1 Å². The largest absolute Gasteiger partial charge is 0.308 e.